The number of rotatable bonds is 7. The van der Waals surface area contributed by atoms with Gasteiger partial charge in [0.2, 0.25) is 0 Å². The molecule has 0 saturated heterocycles. The molecule has 0 amide bonds. The first-order valence-corrected chi connectivity index (χ1v) is 16.6. The van der Waals surface area contributed by atoms with Crippen LogP contribution in [0.1, 0.15) is 28.4 Å². The number of benzene rings is 6. The second kappa shape index (κ2) is 12.6. The van der Waals surface area contributed by atoms with E-state index in [-0.39, 0.29) is 0 Å². The summed E-state index contributed by atoms with van der Waals surface area (Å²) in [6, 6.07) is 57.6. The normalized spacial score (nSPS) is 15.3. The van der Waals surface area contributed by atoms with Gasteiger partial charge in [0.05, 0.1) is 22.6 Å². The highest BCUT2D eigenvalue weighted by Crippen LogP contribution is 2.50. The fourth-order valence-electron chi connectivity index (χ4n) is 6.78. The maximum atomic E-state index is 7.08. The molecule has 0 N–H and O–H groups in total. The van der Waals surface area contributed by atoms with Gasteiger partial charge in [0.25, 0.3) is 0 Å². The van der Waals surface area contributed by atoms with Crippen molar-refractivity contribution in [3.8, 4) is 22.6 Å². The summed E-state index contributed by atoms with van der Waals surface area (Å²) in [5.41, 5.74) is 6.56. The van der Waals surface area contributed by atoms with Gasteiger partial charge in [-0.15, -0.1) is 0 Å². The van der Waals surface area contributed by atoms with Crippen LogP contribution in [-0.4, -0.2) is 15.4 Å². The van der Waals surface area contributed by atoms with Crippen LogP contribution in [0.3, 0.4) is 0 Å². The highest BCUT2D eigenvalue weighted by Gasteiger charge is 2.54. The number of nitrogens with zero attached hydrogens (tertiary/aromatic N) is 4. The third kappa shape index (κ3) is 5.02. The van der Waals surface area contributed by atoms with Gasteiger partial charge in [-0.1, -0.05) is 175 Å². The highest BCUT2D eigenvalue weighted by molar-refractivity contribution is 6.33. The Morgan fingerprint density at radius 1 is 0.521 bits per heavy atom. The Morgan fingerprint density at radius 2 is 1.02 bits per heavy atom. The molecule has 6 heteroatoms. The first-order chi connectivity index (χ1) is 23.7. The summed E-state index contributed by atoms with van der Waals surface area (Å²) in [6.45, 7) is 0. The minimum absolute atomic E-state index is 0.548. The van der Waals surface area contributed by atoms with Gasteiger partial charge in [0.15, 0.2) is 17.5 Å². The minimum atomic E-state index is -0.932. The van der Waals surface area contributed by atoms with Gasteiger partial charge in [-0.05, 0) is 34.9 Å². The molecule has 1 aromatic heterocycles. The lowest BCUT2D eigenvalue weighted by molar-refractivity contribution is 0.440. The predicted octanol–water partition coefficient (Wildman–Crippen LogP) is 10.6. The van der Waals surface area contributed by atoms with Crippen molar-refractivity contribution in [2.45, 2.75) is 11.7 Å². The zero-order valence-corrected chi connectivity index (χ0v) is 27.4. The number of hydrogen-bond donors (Lipinski definition) is 0. The largest absolute Gasteiger partial charge is 0.262 e. The topological polar surface area (TPSA) is 33.4 Å². The van der Waals surface area contributed by atoms with Crippen LogP contribution >= 0.6 is 23.2 Å². The molecular weight excluding hydrogens is 631 g/mol. The molecule has 1 atom stereocenters. The fourth-order valence-corrected chi connectivity index (χ4v) is 7.23. The molecule has 0 saturated carbocycles. The van der Waals surface area contributed by atoms with Crippen LogP contribution in [0.4, 0.5) is 0 Å². The summed E-state index contributed by atoms with van der Waals surface area (Å²) >= 11 is 14.1. The first-order valence-electron chi connectivity index (χ1n) is 15.8. The Balaban J connectivity index is 1.53. The molecule has 0 fully saturated rings. The SMILES string of the molecule is Clc1ccccc1-c1nc(-c2ccccc2)cn1N1C(c2ccccc2Cl)N=C(c2ccccc2)C1(c1ccccc1)c1ccccc1. The summed E-state index contributed by atoms with van der Waals surface area (Å²) in [5.74, 6) is 0.692. The van der Waals surface area contributed by atoms with Crippen molar-refractivity contribution in [2.75, 3.05) is 5.01 Å². The average molecular weight is 662 g/mol. The summed E-state index contributed by atoms with van der Waals surface area (Å²) in [5, 5.41) is 3.56. The Morgan fingerprint density at radius 3 is 1.60 bits per heavy atom. The summed E-state index contributed by atoms with van der Waals surface area (Å²) in [4.78, 5) is 11.0. The molecule has 1 unspecified atom stereocenters. The lowest BCUT2D eigenvalue weighted by atomic mass is 9.76. The van der Waals surface area contributed by atoms with Crippen LogP contribution in [-0.2, 0) is 5.54 Å². The number of hydrogen-bond acceptors (Lipinski definition) is 3. The van der Waals surface area contributed by atoms with Crippen LogP contribution in [0.25, 0.3) is 22.6 Å². The summed E-state index contributed by atoms with van der Waals surface area (Å²) in [6.07, 6.45) is 1.55. The number of imidazole rings is 1. The van der Waals surface area contributed by atoms with Crippen LogP contribution in [0.2, 0.25) is 10.0 Å². The van der Waals surface area contributed by atoms with Crippen molar-refractivity contribution < 1.29 is 0 Å². The third-order valence-electron chi connectivity index (χ3n) is 8.89. The van der Waals surface area contributed by atoms with Crippen molar-refractivity contribution in [3.63, 3.8) is 0 Å². The number of aromatic nitrogens is 2. The fraction of sp³-hybridized carbons (Fsp3) is 0.0476. The maximum absolute atomic E-state index is 7.08. The Kier molecular flexibility index (Phi) is 7.89. The number of halogens is 2. The molecule has 0 bridgehead atoms. The predicted molar refractivity (Wildman–Crippen MR) is 197 cm³/mol. The van der Waals surface area contributed by atoms with E-state index in [0.717, 1.165) is 44.8 Å². The van der Waals surface area contributed by atoms with Gasteiger partial charge in [-0.3, -0.25) is 10.0 Å². The Labute approximate surface area is 290 Å². The van der Waals surface area contributed by atoms with Crippen LogP contribution in [0.15, 0.2) is 181 Å². The highest BCUT2D eigenvalue weighted by atomic mass is 35.5. The third-order valence-corrected chi connectivity index (χ3v) is 9.56. The van der Waals surface area contributed by atoms with Gasteiger partial charge in [0, 0.05) is 21.7 Å². The Hall–Kier alpha value is -5.42. The standard InChI is InChI=1S/C42H30Cl2N4/c43-36-27-15-13-25-34(36)40-45-38(30-17-5-1-6-18-30)29-47(40)48-41(35-26-14-16-28-37(35)44)46-39(31-19-7-2-8-20-31)42(48,32-21-9-3-10-22-32)33-23-11-4-12-24-33/h1-29,41H. The lowest BCUT2D eigenvalue weighted by Gasteiger charge is -2.45. The Bertz CT molecular complexity index is 2180. The lowest BCUT2D eigenvalue weighted by Crippen LogP contribution is -2.55. The van der Waals surface area contributed by atoms with Crippen molar-refractivity contribution in [1.82, 2.24) is 9.66 Å². The molecule has 0 radical (unpaired) electrons. The molecule has 0 aliphatic carbocycles. The molecule has 8 rings (SSSR count). The van der Waals surface area contributed by atoms with E-state index < -0.39 is 11.7 Å². The van der Waals surface area contributed by atoms with E-state index in [1.165, 1.54) is 0 Å². The van der Waals surface area contributed by atoms with Gasteiger partial charge >= 0.3 is 0 Å². The van der Waals surface area contributed by atoms with Gasteiger partial charge < -0.3 is 0 Å². The molecule has 48 heavy (non-hydrogen) atoms. The van der Waals surface area contributed by atoms with Crippen molar-refractivity contribution in [3.05, 3.63) is 208 Å². The van der Waals surface area contributed by atoms with Crippen molar-refractivity contribution in [2.24, 2.45) is 4.99 Å². The van der Waals surface area contributed by atoms with E-state index in [1.54, 1.807) is 0 Å². The summed E-state index contributed by atoms with van der Waals surface area (Å²) in [7, 11) is 0. The van der Waals surface area contributed by atoms with E-state index >= 15 is 0 Å². The van der Waals surface area contributed by atoms with Crippen LogP contribution in [0, 0.1) is 0 Å². The minimum Gasteiger partial charge on any atom is -0.262 e. The van der Waals surface area contributed by atoms with E-state index in [2.05, 4.69) is 107 Å². The van der Waals surface area contributed by atoms with Crippen LogP contribution in [0.5, 0.6) is 0 Å². The molecule has 4 nitrogen and oxygen atoms in total. The zero-order chi connectivity index (χ0) is 32.5. The second-order valence-electron chi connectivity index (χ2n) is 11.7. The monoisotopic (exact) mass is 660 g/mol. The maximum Gasteiger partial charge on any atom is 0.164 e. The number of aliphatic imine (C=N–C) groups is 1. The summed E-state index contributed by atoms with van der Waals surface area (Å²) < 4.78 is 2.15. The van der Waals surface area contributed by atoms with E-state index in [4.69, 9.17) is 33.2 Å². The molecule has 2 heterocycles. The van der Waals surface area contributed by atoms with Gasteiger partial charge in [0.1, 0.15) is 0 Å². The molecule has 1 aliphatic heterocycles. The first kappa shape index (κ1) is 29.9. The van der Waals surface area contributed by atoms with E-state index in [1.807, 2.05) is 78.9 Å². The quantitative estimate of drug-likeness (QED) is 0.170. The molecule has 1 aliphatic rings. The van der Waals surface area contributed by atoms with Gasteiger partial charge in [-0.25, -0.2) is 9.66 Å². The zero-order valence-electron chi connectivity index (χ0n) is 25.9. The van der Waals surface area contributed by atoms with Gasteiger partial charge in [-0.2, -0.15) is 0 Å². The smallest absolute Gasteiger partial charge is 0.164 e. The average Bonchev–Trinajstić information content (AvgIpc) is 3.74. The van der Waals surface area contributed by atoms with Crippen molar-refractivity contribution >= 4 is 28.9 Å². The molecule has 0 spiro atoms. The molecular formula is C42H30Cl2N4. The van der Waals surface area contributed by atoms with Crippen LogP contribution < -0.4 is 5.01 Å². The molecule has 7 aromatic rings. The van der Waals surface area contributed by atoms with E-state index in [9.17, 15) is 0 Å². The molecule has 232 valence electrons. The van der Waals surface area contributed by atoms with Crippen molar-refractivity contribution in [1.29, 1.82) is 0 Å². The molecule has 6 aromatic carbocycles. The van der Waals surface area contributed by atoms with E-state index in [0.29, 0.717) is 15.9 Å². The second-order valence-corrected chi connectivity index (χ2v) is 12.5.